The second-order valence-electron chi connectivity index (χ2n) is 6.71. The van der Waals surface area contributed by atoms with Gasteiger partial charge in [-0.05, 0) is 36.8 Å². The number of benzene rings is 3. The number of thioether (sulfide) groups is 1. The number of para-hydroxylation sites is 1. The maximum absolute atomic E-state index is 12.9. The first-order valence-electron chi connectivity index (χ1n) is 9.45. The molecule has 0 aliphatic carbocycles. The van der Waals surface area contributed by atoms with Gasteiger partial charge in [0.2, 0.25) is 11.8 Å². The van der Waals surface area contributed by atoms with Crippen molar-refractivity contribution in [3.63, 3.8) is 0 Å². The second kappa shape index (κ2) is 10.5. The van der Waals surface area contributed by atoms with Gasteiger partial charge in [0.25, 0.3) is 0 Å². The van der Waals surface area contributed by atoms with Crippen LogP contribution in [0.2, 0.25) is 0 Å². The summed E-state index contributed by atoms with van der Waals surface area (Å²) < 4.78 is 0. The lowest BCUT2D eigenvalue weighted by atomic mass is 10.2. The zero-order chi connectivity index (χ0) is 20.5. The van der Waals surface area contributed by atoms with E-state index in [1.165, 1.54) is 11.8 Å². The molecule has 148 valence electrons. The van der Waals surface area contributed by atoms with Crippen LogP contribution in [0.5, 0.6) is 0 Å². The van der Waals surface area contributed by atoms with Crippen molar-refractivity contribution in [2.75, 3.05) is 21.7 Å². The smallest absolute Gasteiger partial charge is 0.237 e. The first-order valence-corrected chi connectivity index (χ1v) is 10.6. The maximum Gasteiger partial charge on any atom is 0.237 e. The quantitative estimate of drug-likeness (QED) is 0.581. The average molecular weight is 405 g/mol. The summed E-state index contributed by atoms with van der Waals surface area (Å²) in [7, 11) is 0. The minimum absolute atomic E-state index is 0.0202. The van der Waals surface area contributed by atoms with E-state index in [0.29, 0.717) is 6.54 Å². The van der Waals surface area contributed by atoms with E-state index in [0.717, 1.165) is 22.5 Å². The molecule has 0 radical (unpaired) electrons. The molecule has 0 saturated heterocycles. The Bertz CT molecular complexity index is 928. The van der Waals surface area contributed by atoms with Gasteiger partial charge in [0, 0.05) is 11.4 Å². The van der Waals surface area contributed by atoms with Crippen LogP contribution in [0.3, 0.4) is 0 Å². The van der Waals surface area contributed by atoms with Gasteiger partial charge in [0.15, 0.2) is 0 Å². The van der Waals surface area contributed by atoms with Crippen molar-refractivity contribution in [3.05, 3.63) is 96.1 Å². The first kappa shape index (κ1) is 20.7. The van der Waals surface area contributed by atoms with Gasteiger partial charge < -0.3 is 10.2 Å². The zero-order valence-corrected chi connectivity index (χ0v) is 17.2. The summed E-state index contributed by atoms with van der Waals surface area (Å²) >= 11 is 1.32. The highest BCUT2D eigenvalue weighted by atomic mass is 32.2. The lowest BCUT2D eigenvalue weighted by Gasteiger charge is -2.23. The summed E-state index contributed by atoms with van der Waals surface area (Å²) in [6, 6.07) is 27.2. The Morgan fingerprint density at radius 1 is 0.828 bits per heavy atom. The minimum Gasteiger partial charge on any atom is -0.325 e. The van der Waals surface area contributed by atoms with Crippen LogP contribution in [0.25, 0.3) is 0 Å². The van der Waals surface area contributed by atoms with Crippen LogP contribution in [0.1, 0.15) is 11.1 Å². The Morgan fingerprint density at radius 2 is 1.45 bits per heavy atom. The molecular formula is C24H24N2O2S. The molecule has 0 atom stereocenters. The van der Waals surface area contributed by atoms with Gasteiger partial charge in [-0.1, -0.05) is 66.2 Å². The third-order valence-corrected chi connectivity index (χ3v) is 5.26. The summed E-state index contributed by atoms with van der Waals surface area (Å²) in [6.45, 7) is 2.50. The van der Waals surface area contributed by atoms with E-state index in [-0.39, 0.29) is 23.3 Å². The highest BCUT2D eigenvalue weighted by molar-refractivity contribution is 8.00. The van der Waals surface area contributed by atoms with Crippen molar-refractivity contribution in [1.29, 1.82) is 0 Å². The number of carbonyl (C=O) groups is 2. The van der Waals surface area contributed by atoms with Crippen molar-refractivity contribution in [2.45, 2.75) is 13.5 Å². The fraction of sp³-hybridized carbons (Fsp3) is 0.167. The van der Waals surface area contributed by atoms with E-state index in [9.17, 15) is 9.59 Å². The highest BCUT2D eigenvalue weighted by Gasteiger charge is 2.16. The Balaban J connectivity index is 1.56. The Labute approximate surface area is 175 Å². The molecule has 1 N–H and O–H groups in total. The van der Waals surface area contributed by atoms with Gasteiger partial charge in [-0.25, -0.2) is 0 Å². The number of rotatable bonds is 8. The number of hydrogen-bond donors (Lipinski definition) is 1. The van der Waals surface area contributed by atoms with E-state index in [4.69, 9.17) is 0 Å². The van der Waals surface area contributed by atoms with Gasteiger partial charge in [0.05, 0.1) is 18.1 Å². The molecule has 3 aromatic carbocycles. The fourth-order valence-corrected chi connectivity index (χ4v) is 3.53. The standard InChI is InChI=1S/C24H24N2O2S/c1-19-12-14-21(15-13-19)25-23(27)17-29-18-24(28)26(22-10-6-3-7-11-22)16-20-8-4-2-5-9-20/h2-15H,16-18H2,1H3,(H,25,27). The lowest BCUT2D eigenvalue weighted by Crippen LogP contribution is -2.32. The van der Waals surface area contributed by atoms with Crippen molar-refractivity contribution >= 4 is 35.0 Å². The molecule has 0 aliphatic rings. The third kappa shape index (κ3) is 6.50. The lowest BCUT2D eigenvalue weighted by molar-refractivity contribution is -0.116. The second-order valence-corrected chi connectivity index (χ2v) is 7.69. The number of carbonyl (C=O) groups excluding carboxylic acids is 2. The molecule has 0 bridgehead atoms. The SMILES string of the molecule is Cc1ccc(NC(=O)CSCC(=O)N(Cc2ccccc2)c2ccccc2)cc1. The van der Waals surface area contributed by atoms with E-state index < -0.39 is 0 Å². The van der Waals surface area contributed by atoms with Crippen LogP contribution >= 0.6 is 11.8 Å². The number of hydrogen-bond acceptors (Lipinski definition) is 3. The summed E-state index contributed by atoms with van der Waals surface area (Å²) in [4.78, 5) is 26.8. The summed E-state index contributed by atoms with van der Waals surface area (Å²) in [5.41, 5.74) is 3.82. The molecule has 3 rings (SSSR count). The molecule has 5 heteroatoms. The number of nitrogens with one attached hydrogen (secondary N) is 1. The van der Waals surface area contributed by atoms with E-state index >= 15 is 0 Å². The van der Waals surface area contributed by atoms with Gasteiger partial charge in [0.1, 0.15) is 0 Å². The van der Waals surface area contributed by atoms with Gasteiger partial charge >= 0.3 is 0 Å². The normalized spacial score (nSPS) is 10.4. The third-order valence-electron chi connectivity index (χ3n) is 4.35. The Morgan fingerprint density at radius 3 is 2.10 bits per heavy atom. The molecule has 29 heavy (non-hydrogen) atoms. The molecule has 0 aliphatic heterocycles. The zero-order valence-electron chi connectivity index (χ0n) is 16.4. The first-order chi connectivity index (χ1) is 14.1. The molecule has 4 nitrogen and oxygen atoms in total. The number of anilines is 2. The van der Waals surface area contributed by atoms with Crippen LogP contribution in [-0.4, -0.2) is 23.3 Å². The van der Waals surface area contributed by atoms with Crippen molar-refractivity contribution in [1.82, 2.24) is 0 Å². The summed E-state index contributed by atoms with van der Waals surface area (Å²) in [6.07, 6.45) is 0. The molecule has 0 unspecified atom stereocenters. The summed E-state index contributed by atoms with van der Waals surface area (Å²) in [5.74, 6) is 0.338. The number of aryl methyl sites for hydroxylation is 1. The largest absolute Gasteiger partial charge is 0.325 e. The molecule has 0 saturated carbocycles. The highest BCUT2D eigenvalue weighted by Crippen LogP contribution is 2.19. The number of amides is 2. The fourth-order valence-electron chi connectivity index (χ4n) is 2.84. The van der Waals surface area contributed by atoms with E-state index in [1.54, 1.807) is 4.90 Å². The molecule has 0 heterocycles. The van der Waals surface area contributed by atoms with Crippen molar-refractivity contribution in [3.8, 4) is 0 Å². The molecule has 2 amide bonds. The van der Waals surface area contributed by atoms with E-state index in [2.05, 4.69) is 5.32 Å². The predicted molar refractivity (Wildman–Crippen MR) is 121 cm³/mol. The molecule has 0 aromatic heterocycles. The monoisotopic (exact) mass is 404 g/mol. The predicted octanol–water partition coefficient (Wildman–Crippen LogP) is 4.90. The molecule has 0 spiro atoms. The van der Waals surface area contributed by atoms with E-state index in [1.807, 2.05) is 91.9 Å². The van der Waals surface area contributed by atoms with Gasteiger partial charge in [-0.3, -0.25) is 9.59 Å². The van der Waals surface area contributed by atoms with Crippen LogP contribution < -0.4 is 10.2 Å². The molecular weight excluding hydrogens is 380 g/mol. The Hall–Kier alpha value is -3.05. The van der Waals surface area contributed by atoms with Crippen LogP contribution in [0.15, 0.2) is 84.9 Å². The van der Waals surface area contributed by atoms with Gasteiger partial charge in [-0.15, -0.1) is 11.8 Å². The topological polar surface area (TPSA) is 49.4 Å². The summed E-state index contributed by atoms with van der Waals surface area (Å²) in [5, 5.41) is 2.86. The number of nitrogens with zero attached hydrogens (tertiary/aromatic N) is 1. The van der Waals surface area contributed by atoms with Crippen LogP contribution in [0, 0.1) is 6.92 Å². The van der Waals surface area contributed by atoms with Crippen LogP contribution in [0.4, 0.5) is 11.4 Å². The Kier molecular flexibility index (Phi) is 7.47. The average Bonchev–Trinajstić information content (AvgIpc) is 2.75. The molecule has 3 aromatic rings. The van der Waals surface area contributed by atoms with Gasteiger partial charge in [-0.2, -0.15) is 0 Å². The maximum atomic E-state index is 12.9. The van der Waals surface area contributed by atoms with Crippen molar-refractivity contribution < 1.29 is 9.59 Å². The van der Waals surface area contributed by atoms with Crippen molar-refractivity contribution in [2.24, 2.45) is 0 Å². The van der Waals surface area contributed by atoms with Crippen LogP contribution in [-0.2, 0) is 16.1 Å². The minimum atomic E-state index is -0.110. The molecule has 0 fully saturated rings.